The van der Waals surface area contributed by atoms with E-state index in [0.29, 0.717) is 26.4 Å². The standard InChI is InChI=1S/C14H22FNO3/c1-11(16)12-4-5-14(13(15)10-12)19-9-8-18-7-3-6-17-2/h4-5,10-11H,3,6-9,16H2,1-2H3. The Balaban J connectivity index is 2.26. The van der Waals surface area contributed by atoms with Crippen molar-refractivity contribution in [2.24, 2.45) is 5.73 Å². The molecule has 0 radical (unpaired) electrons. The molecule has 0 aliphatic heterocycles. The number of ether oxygens (including phenoxy) is 3. The van der Waals surface area contributed by atoms with E-state index in [2.05, 4.69) is 0 Å². The van der Waals surface area contributed by atoms with Gasteiger partial charge in [-0.1, -0.05) is 6.07 Å². The summed E-state index contributed by atoms with van der Waals surface area (Å²) in [5.74, 6) is -0.168. The Kier molecular flexibility index (Phi) is 7.40. The molecule has 5 heteroatoms. The molecule has 1 unspecified atom stereocenters. The third kappa shape index (κ3) is 6.00. The second-order valence-electron chi connectivity index (χ2n) is 4.29. The lowest BCUT2D eigenvalue weighted by molar-refractivity contribution is 0.0797. The minimum atomic E-state index is -0.394. The second kappa shape index (κ2) is 8.85. The van der Waals surface area contributed by atoms with E-state index in [1.54, 1.807) is 19.2 Å². The Morgan fingerprint density at radius 2 is 2.00 bits per heavy atom. The van der Waals surface area contributed by atoms with Crippen LogP contribution in [-0.2, 0) is 9.47 Å². The molecule has 0 amide bonds. The molecule has 0 saturated carbocycles. The molecule has 4 nitrogen and oxygen atoms in total. The molecule has 1 aromatic rings. The van der Waals surface area contributed by atoms with Gasteiger partial charge in [-0.2, -0.15) is 0 Å². The summed E-state index contributed by atoms with van der Waals surface area (Å²) in [6.45, 7) is 3.85. The fraction of sp³-hybridized carbons (Fsp3) is 0.571. The van der Waals surface area contributed by atoms with E-state index < -0.39 is 5.82 Å². The number of halogens is 1. The van der Waals surface area contributed by atoms with E-state index in [4.69, 9.17) is 19.9 Å². The van der Waals surface area contributed by atoms with Gasteiger partial charge in [0.05, 0.1) is 6.61 Å². The number of methoxy groups -OCH3 is 1. The molecule has 0 fully saturated rings. The minimum Gasteiger partial charge on any atom is -0.488 e. The molecule has 0 heterocycles. The summed E-state index contributed by atoms with van der Waals surface area (Å²) in [6.07, 6.45) is 0.841. The molecule has 1 rings (SSSR count). The zero-order chi connectivity index (χ0) is 14.1. The topological polar surface area (TPSA) is 53.7 Å². The van der Waals surface area contributed by atoms with Crippen molar-refractivity contribution in [3.63, 3.8) is 0 Å². The lowest BCUT2D eigenvalue weighted by atomic mass is 10.1. The quantitative estimate of drug-likeness (QED) is 0.700. The predicted octanol–water partition coefficient (Wildman–Crippen LogP) is 2.28. The normalized spacial score (nSPS) is 12.4. The van der Waals surface area contributed by atoms with Crippen molar-refractivity contribution in [2.75, 3.05) is 33.5 Å². The van der Waals surface area contributed by atoms with Crippen molar-refractivity contribution in [3.8, 4) is 5.75 Å². The highest BCUT2D eigenvalue weighted by molar-refractivity contribution is 5.30. The Labute approximate surface area is 113 Å². The highest BCUT2D eigenvalue weighted by atomic mass is 19.1. The first-order valence-corrected chi connectivity index (χ1v) is 6.39. The number of benzene rings is 1. The van der Waals surface area contributed by atoms with Gasteiger partial charge < -0.3 is 19.9 Å². The summed E-state index contributed by atoms with van der Waals surface area (Å²) in [4.78, 5) is 0. The van der Waals surface area contributed by atoms with Crippen molar-refractivity contribution in [2.45, 2.75) is 19.4 Å². The van der Waals surface area contributed by atoms with E-state index in [0.717, 1.165) is 12.0 Å². The van der Waals surface area contributed by atoms with E-state index >= 15 is 0 Å². The van der Waals surface area contributed by atoms with Gasteiger partial charge in [0.25, 0.3) is 0 Å². The van der Waals surface area contributed by atoms with Gasteiger partial charge in [-0.25, -0.2) is 4.39 Å². The summed E-state index contributed by atoms with van der Waals surface area (Å²) in [6, 6.07) is 4.58. The molecule has 0 spiro atoms. The molecule has 1 atom stereocenters. The molecular weight excluding hydrogens is 249 g/mol. The lowest BCUT2D eigenvalue weighted by Gasteiger charge is -2.10. The highest BCUT2D eigenvalue weighted by Crippen LogP contribution is 2.20. The van der Waals surface area contributed by atoms with E-state index in [9.17, 15) is 4.39 Å². The maximum atomic E-state index is 13.6. The Morgan fingerprint density at radius 3 is 2.63 bits per heavy atom. The number of rotatable bonds is 9. The van der Waals surface area contributed by atoms with Crippen LogP contribution in [0.25, 0.3) is 0 Å². The van der Waals surface area contributed by atoms with Gasteiger partial charge in [0.2, 0.25) is 0 Å². The molecule has 2 N–H and O–H groups in total. The predicted molar refractivity (Wildman–Crippen MR) is 71.8 cm³/mol. The second-order valence-corrected chi connectivity index (χ2v) is 4.29. The number of hydrogen-bond donors (Lipinski definition) is 1. The van der Waals surface area contributed by atoms with Crippen LogP contribution in [0.4, 0.5) is 4.39 Å². The molecule has 1 aromatic carbocycles. The molecule has 19 heavy (non-hydrogen) atoms. The van der Waals surface area contributed by atoms with E-state index in [-0.39, 0.29) is 11.8 Å². The Bertz CT molecular complexity index is 372. The van der Waals surface area contributed by atoms with Crippen LogP contribution in [0.1, 0.15) is 24.9 Å². The largest absolute Gasteiger partial charge is 0.488 e. The molecule has 0 aromatic heterocycles. The summed E-state index contributed by atoms with van der Waals surface area (Å²) in [5, 5.41) is 0. The summed E-state index contributed by atoms with van der Waals surface area (Å²) in [7, 11) is 1.65. The van der Waals surface area contributed by atoms with Crippen LogP contribution in [0.15, 0.2) is 18.2 Å². The third-order valence-electron chi connectivity index (χ3n) is 2.60. The Morgan fingerprint density at radius 1 is 1.21 bits per heavy atom. The monoisotopic (exact) mass is 271 g/mol. The van der Waals surface area contributed by atoms with Gasteiger partial charge in [-0.05, 0) is 31.0 Å². The first-order chi connectivity index (χ1) is 9.15. The molecule has 0 saturated heterocycles. The SMILES string of the molecule is COCCCOCCOc1ccc(C(C)N)cc1F. The summed E-state index contributed by atoms with van der Waals surface area (Å²) >= 11 is 0. The maximum absolute atomic E-state index is 13.6. The van der Waals surface area contributed by atoms with Gasteiger partial charge >= 0.3 is 0 Å². The molecule has 0 aliphatic carbocycles. The zero-order valence-corrected chi connectivity index (χ0v) is 11.5. The molecule has 0 aliphatic rings. The average Bonchev–Trinajstić information content (AvgIpc) is 2.39. The molecule has 108 valence electrons. The minimum absolute atomic E-state index is 0.187. The van der Waals surface area contributed by atoms with Crippen molar-refractivity contribution in [1.82, 2.24) is 0 Å². The first kappa shape index (κ1) is 15.9. The lowest BCUT2D eigenvalue weighted by Crippen LogP contribution is -2.10. The van der Waals surface area contributed by atoms with Crippen molar-refractivity contribution in [3.05, 3.63) is 29.6 Å². The van der Waals surface area contributed by atoms with Crippen LogP contribution in [0.5, 0.6) is 5.75 Å². The highest BCUT2D eigenvalue weighted by Gasteiger charge is 2.07. The van der Waals surface area contributed by atoms with Gasteiger partial charge in [0.1, 0.15) is 6.61 Å². The average molecular weight is 271 g/mol. The van der Waals surface area contributed by atoms with E-state index in [1.165, 1.54) is 6.07 Å². The fourth-order valence-corrected chi connectivity index (χ4v) is 1.54. The van der Waals surface area contributed by atoms with Crippen LogP contribution < -0.4 is 10.5 Å². The van der Waals surface area contributed by atoms with E-state index in [1.807, 2.05) is 6.92 Å². The van der Waals surface area contributed by atoms with Crippen LogP contribution in [0.2, 0.25) is 0 Å². The third-order valence-corrected chi connectivity index (χ3v) is 2.60. The first-order valence-electron chi connectivity index (χ1n) is 6.39. The van der Waals surface area contributed by atoms with Gasteiger partial charge in [-0.3, -0.25) is 0 Å². The van der Waals surface area contributed by atoms with Gasteiger partial charge in [0, 0.05) is 26.4 Å². The van der Waals surface area contributed by atoms with Crippen molar-refractivity contribution >= 4 is 0 Å². The number of nitrogens with two attached hydrogens (primary N) is 1. The summed E-state index contributed by atoms with van der Waals surface area (Å²) < 4.78 is 29.2. The van der Waals surface area contributed by atoms with Crippen LogP contribution in [0.3, 0.4) is 0 Å². The van der Waals surface area contributed by atoms with Gasteiger partial charge in [-0.15, -0.1) is 0 Å². The Hall–Kier alpha value is -1.17. The van der Waals surface area contributed by atoms with Gasteiger partial charge in [0.15, 0.2) is 11.6 Å². The van der Waals surface area contributed by atoms with Crippen molar-refractivity contribution in [1.29, 1.82) is 0 Å². The number of hydrogen-bond acceptors (Lipinski definition) is 4. The maximum Gasteiger partial charge on any atom is 0.165 e. The zero-order valence-electron chi connectivity index (χ0n) is 11.5. The van der Waals surface area contributed by atoms with Crippen LogP contribution >= 0.6 is 0 Å². The van der Waals surface area contributed by atoms with Crippen molar-refractivity contribution < 1.29 is 18.6 Å². The smallest absolute Gasteiger partial charge is 0.165 e. The molecular formula is C14H22FNO3. The fourth-order valence-electron chi connectivity index (χ4n) is 1.54. The van der Waals surface area contributed by atoms with Crippen LogP contribution in [0, 0.1) is 5.82 Å². The van der Waals surface area contributed by atoms with Crippen LogP contribution in [-0.4, -0.2) is 33.5 Å². The summed E-state index contributed by atoms with van der Waals surface area (Å²) in [5.41, 5.74) is 6.43. The molecule has 0 bridgehead atoms.